The fourth-order valence-corrected chi connectivity index (χ4v) is 3.16. The Kier molecular flexibility index (Phi) is 3.73. The molecule has 6 nitrogen and oxygen atoms in total. The third-order valence-electron chi connectivity index (χ3n) is 3.05. The highest BCUT2D eigenvalue weighted by Gasteiger charge is 2.26. The number of aromatic carboxylic acids is 1. The number of carbonyl (C=O) groups is 1. The predicted molar refractivity (Wildman–Crippen MR) is 74.4 cm³/mol. The van der Waals surface area contributed by atoms with Crippen molar-refractivity contribution >= 4 is 21.7 Å². The van der Waals surface area contributed by atoms with Crippen molar-refractivity contribution < 1.29 is 22.7 Å². The lowest BCUT2D eigenvalue weighted by molar-refractivity contribution is 0.0686. The maximum atomic E-state index is 13.7. The molecule has 1 heterocycles. The van der Waals surface area contributed by atoms with Crippen molar-refractivity contribution in [3.63, 3.8) is 0 Å². The summed E-state index contributed by atoms with van der Waals surface area (Å²) in [6.45, 7) is 0. The van der Waals surface area contributed by atoms with Crippen LogP contribution in [0.4, 0.5) is 10.1 Å². The van der Waals surface area contributed by atoms with E-state index in [4.69, 9.17) is 5.11 Å². The van der Waals surface area contributed by atoms with E-state index < -0.39 is 21.8 Å². The van der Waals surface area contributed by atoms with Gasteiger partial charge in [0.15, 0.2) is 0 Å². The summed E-state index contributed by atoms with van der Waals surface area (Å²) in [5.41, 5.74) is -0.284. The number of rotatable bonds is 4. The zero-order chi connectivity index (χ0) is 15.8. The van der Waals surface area contributed by atoms with Gasteiger partial charge in [-0.2, -0.15) is 0 Å². The molecule has 0 amide bonds. The number of sulfonamides is 1. The summed E-state index contributed by atoms with van der Waals surface area (Å²) in [6, 6.07) is 6.47. The molecule has 0 spiro atoms. The number of aryl methyl sites for hydroxylation is 1. The standard InChI is InChI=1S/C13H13FN2O4S/c1-15-8-9(7-12(15)13(17)18)21(19,20)16(2)11-6-4-3-5-10(11)14/h3-8H,1-2H3,(H,17,18). The molecule has 0 aliphatic carbocycles. The fourth-order valence-electron chi connectivity index (χ4n) is 1.88. The molecule has 0 aliphatic rings. The maximum absolute atomic E-state index is 13.7. The van der Waals surface area contributed by atoms with Crippen molar-refractivity contribution in [1.29, 1.82) is 0 Å². The number of anilines is 1. The lowest BCUT2D eigenvalue weighted by Crippen LogP contribution is -2.27. The molecule has 0 aliphatic heterocycles. The Morgan fingerprint density at radius 2 is 1.95 bits per heavy atom. The van der Waals surface area contributed by atoms with E-state index >= 15 is 0 Å². The topological polar surface area (TPSA) is 79.6 Å². The summed E-state index contributed by atoms with van der Waals surface area (Å²) < 4.78 is 40.5. The Balaban J connectivity index is 2.50. The van der Waals surface area contributed by atoms with Gasteiger partial charge < -0.3 is 9.67 Å². The Bertz CT molecular complexity index is 798. The average Bonchev–Trinajstić information content (AvgIpc) is 2.81. The SMILES string of the molecule is CN(c1ccccc1F)S(=O)(=O)c1cc(C(=O)O)n(C)c1. The van der Waals surface area contributed by atoms with Crippen LogP contribution < -0.4 is 4.31 Å². The van der Waals surface area contributed by atoms with Gasteiger partial charge in [0.05, 0.1) is 5.69 Å². The minimum atomic E-state index is -4.04. The van der Waals surface area contributed by atoms with Crippen LogP contribution in [0, 0.1) is 5.82 Å². The first kappa shape index (κ1) is 15.0. The third kappa shape index (κ3) is 2.62. The number of benzene rings is 1. The van der Waals surface area contributed by atoms with Crippen LogP contribution in [0.2, 0.25) is 0 Å². The van der Waals surface area contributed by atoms with E-state index in [2.05, 4.69) is 0 Å². The zero-order valence-electron chi connectivity index (χ0n) is 11.3. The Labute approximate surface area is 121 Å². The monoisotopic (exact) mass is 312 g/mol. The van der Waals surface area contributed by atoms with Crippen molar-refractivity contribution in [2.75, 3.05) is 11.4 Å². The quantitative estimate of drug-likeness (QED) is 0.931. The molecule has 112 valence electrons. The Hall–Kier alpha value is -2.35. The van der Waals surface area contributed by atoms with Gasteiger partial charge in [-0.15, -0.1) is 0 Å². The van der Waals surface area contributed by atoms with Gasteiger partial charge in [-0.25, -0.2) is 17.6 Å². The number of para-hydroxylation sites is 1. The molecule has 0 fully saturated rings. The highest BCUT2D eigenvalue weighted by atomic mass is 32.2. The number of halogens is 1. The van der Waals surface area contributed by atoms with Crippen LogP contribution >= 0.6 is 0 Å². The molecular weight excluding hydrogens is 299 g/mol. The van der Waals surface area contributed by atoms with E-state index in [1.165, 1.54) is 43.1 Å². The van der Waals surface area contributed by atoms with Crippen LogP contribution in [0.15, 0.2) is 41.4 Å². The summed E-state index contributed by atoms with van der Waals surface area (Å²) in [7, 11) is -1.41. The second-order valence-electron chi connectivity index (χ2n) is 4.40. The molecule has 1 aromatic heterocycles. The molecular formula is C13H13FN2O4S. The highest BCUT2D eigenvalue weighted by molar-refractivity contribution is 7.92. The van der Waals surface area contributed by atoms with Crippen molar-refractivity contribution in [3.8, 4) is 0 Å². The van der Waals surface area contributed by atoms with Gasteiger partial charge in [-0.3, -0.25) is 4.31 Å². The lowest BCUT2D eigenvalue weighted by Gasteiger charge is -2.19. The van der Waals surface area contributed by atoms with E-state index in [-0.39, 0.29) is 16.3 Å². The summed E-state index contributed by atoms with van der Waals surface area (Å²) in [5, 5.41) is 8.96. The summed E-state index contributed by atoms with van der Waals surface area (Å²) in [4.78, 5) is 10.8. The van der Waals surface area contributed by atoms with Gasteiger partial charge in [0.2, 0.25) is 0 Å². The fraction of sp³-hybridized carbons (Fsp3) is 0.154. The Morgan fingerprint density at radius 3 is 2.48 bits per heavy atom. The smallest absolute Gasteiger partial charge is 0.352 e. The van der Waals surface area contributed by atoms with Crippen LogP contribution in [-0.2, 0) is 17.1 Å². The molecule has 0 saturated heterocycles. The number of carboxylic acid groups (broad SMARTS) is 1. The van der Waals surface area contributed by atoms with E-state index in [9.17, 15) is 17.6 Å². The summed E-state index contributed by atoms with van der Waals surface area (Å²) in [6.07, 6.45) is 1.18. The van der Waals surface area contributed by atoms with Gasteiger partial charge in [-0.05, 0) is 18.2 Å². The van der Waals surface area contributed by atoms with Crippen molar-refractivity contribution in [2.24, 2.45) is 7.05 Å². The first-order valence-electron chi connectivity index (χ1n) is 5.88. The van der Waals surface area contributed by atoms with Crippen molar-refractivity contribution in [1.82, 2.24) is 4.57 Å². The second kappa shape index (κ2) is 5.21. The van der Waals surface area contributed by atoms with Gasteiger partial charge in [-0.1, -0.05) is 12.1 Å². The molecule has 2 aromatic rings. The van der Waals surface area contributed by atoms with E-state index in [1.807, 2.05) is 0 Å². The number of aromatic nitrogens is 1. The first-order chi connectivity index (χ1) is 9.75. The summed E-state index contributed by atoms with van der Waals surface area (Å²) in [5.74, 6) is -1.93. The van der Waals surface area contributed by atoms with Crippen LogP contribution in [0.25, 0.3) is 0 Å². The van der Waals surface area contributed by atoms with Crippen LogP contribution in [-0.4, -0.2) is 31.1 Å². The van der Waals surface area contributed by atoms with Gasteiger partial charge in [0, 0.05) is 20.3 Å². The van der Waals surface area contributed by atoms with Crippen molar-refractivity contribution in [3.05, 3.63) is 48.0 Å². The number of hydrogen-bond acceptors (Lipinski definition) is 3. The van der Waals surface area contributed by atoms with Gasteiger partial charge >= 0.3 is 5.97 Å². The van der Waals surface area contributed by atoms with E-state index in [1.54, 1.807) is 0 Å². The summed E-state index contributed by atoms with van der Waals surface area (Å²) >= 11 is 0. The molecule has 0 atom stereocenters. The maximum Gasteiger partial charge on any atom is 0.352 e. The Morgan fingerprint density at radius 1 is 1.33 bits per heavy atom. The van der Waals surface area contributed by atoms with E-state index in [0.29, 0.717) is 0 Å². The lowest BCUT2D eigenvalue weighted by atomic mass is 10.3. The molecule has 2 rings (SSSR count). The molecule has 1 aromatic carbocycles. The van der Waals surface area contributed by atoms with Gasteiger partial charge in [0.25, 0.3) is 10.0 Å². The van der Waals surface area contributed by atoms with E-state index in [0.717, 1.165) is 16.4 Å². The highest BCUT2D eigenvalue weighted by Crippen LogP contribution is 2.25. The largest absolute Gasteiger partial charge is 0.477 e. The molecule has 0 radical (unpaired) electrons. The molecule has 1 N–H and O–H groups in total. The minimum absolute atomic E-state index is 0.113. The average molecular weight is 312 g/mol. The van der Waals surface area contributed by atoms with Crippen LogP contribution in [0.5, 0.6) is 0 Å². The zero-order valence-corrected chi connectivity index (χ0v) is 12.1. The normalized spacial score (nSPS) is 11.4. The minimum Gasteiger partial charge on any atom is -0.477 e. The van der Waals surface area contributed by atoms with Crippen LogP contribution in [0.3, 0.4) is 0 Å². The third-order valence-corrected chi connectivity index (χ3v) is 4.79. The number of nitrogens with zero attached hydrogens (tertiary/aromatic N) is 2. The van der Waals surface area contributed by atoms with Crippen molar-refractivity contribution in [2.45, 2.75) is 4.90 Å². The second-order valence-corrected chi connectivity index (χ2v) is 6.37. The molecule has 0 unspecified atom stereocenters. The van der Waals surface area contributed by atoms with Crippen LogP contribution in [0.1, 0.15) is 10.5 Å². The molecule has 21 heavy (non-hydrogen) atoms. The molecule has 0 bridgehead atoms. The molecule has 0 saturated carbocycles. The number of hydrogen-bond donors (Lipinski definition) is 1. The predicted octanol–water partition coefficient (Wildman–Crippen LogP) is 1.69. The van der Waals surface area contributed by atoms with Gasteiger partial charge in [0.1, 0.15) is 16.4 Å². The molecule has 8 heteroatoms. The first-order valence-corrected chi connectivity index (χ1v) is 7.32. The number of carboxylic acids is 1.